The molecule has 1 N–H and O–H groups in total. The predicted molar refractivity (Wildman–Crippen MR) is 122 cm³/mol. The van der Waals surface area contributed by atoms with E-state index in [1.807, 2.05) is 17.0 Å². The van der Waals surface area contributed by atoms with Crippen molar-refractivity contribution in [2.24, 2.45) is 0 Å². The Balaban J connectivity index is 1.50. The highest BCUT2D eigenvalue weighted by atomic mass is 35.5. The molecule has 1 amide bonds. The van der Waals surface area contributed by atoms with Gasteiger partial charge < -0.3 is 10.0 Å². The Morgan fingerprint density at radius 3 is 2.47 bits per heavy atom. The molecule has 1 saturated heterocycles. The lowest BCUT2D eigenvalue weighted by Crippen LogP contribution is -2.31. The van der Waals surface area contributed by atoms with Crippen LogP contribution in [0.4, 0.5) is 4.39 Å². The number of carbonyl (C=O) groups excluding carboxylic acids is 1. The maximum absolute atomic E-state index is 13.1. The highest BCUT2D eigenvalue weighted by molar-refractivity contribution is 7.13. The summed E-state index contributed by atoms with van der Waals surface area (Å²) in [5, 5.41) is 11.0. The summed E-state index contributed by atoms with van der Waals surface area (Å²) in [7, 11) is 0. The molecule has 1 aromatic heterocycles. The van der Waals surface area contributed by atoms with Gasteiger partial charge in [0.1, 0.15) is 15.7 Å². The summed E-state index contributed by atoms with van der Waals surface area (Å²) in [6.45, 7) is 0.629. The number of aryl methyl sites for hydroxylation is 2. The molecule has 5 nitrogen and oxygen atoms in total. The molecule has 1 atom stereocenters. The third-order valence-electron chi connectivity index (χ3n) is 5.60. The molecular formula is C24H22ClFN2O3S. The fraction of sp³-hybridized carbons (Fsp3) is 0.292. The van der Waals surface area contributed by atoms with Crippen molar-refractivity contribution in [3.8, 4) is 0 Å². The number of carboxylic acids is 1. The first kappa shape index (κ1) is 22.4. The van der Waals surface area contributed by atoms with Gasteiger partial charge in [-0.3, -0.25) is 4.79 Å². The number of likely N-dealkylation sites (tertiary alicyclic amines) is 1. The van der Waals surface area contributed by atoms with E-state index in [1.54, 1.807) is 24.3 Å². The van der Waals surface area contributed by atoms with Gasteiger partial charge in [0.05, 0.1) is 18.2 Å². The summed E-state index contributed by atoms with van der Waals surface area (Å²) in [4.78, 5) is 31.5. The first-order valence-corrected chi connectivity index (χ1v) is 11.6. The first-order valence-electron chi connectivity index (χ1n) is 10.4. The summed E-state index contributed by atoms with van der Waals surface area (Å²) >= 11 is 7.08. The molecule has 0 bridgehead atoms. The zero-order chi connectivity index (χ0) is 22.7. The lowest BCUT2D eigenvalue weighted by Gasteiger charge is -2.23. The van der Waals surface area contributed by atoms with Crippen LogP contribution in [-0.4, -0.2) is 33.4 Å². The molecule has 1 aliphatic rings. The van der Waals surface area contributed by atoms with Crippen molar-refractivity contribution in [2.45, 2.75) is 38.1 Å². The Morgan fingerprint density at radius 2 is 1.78 bits per heavy atom. The Bertz CT molecular complexity index is 1120. The number of carbonyl (C=O) groups is 2. The van der Waals surface area contributed by atoms with Crippen LogP contribution in [0.3, 0.4) is 0 Å². The van der Waals surface area contributed by atoms with Gasteiger partial charge >= 0.3 is 5.97 Å². The van der Waals surface area contributed by atoms with Crippen LogP contribution in [0, 0.1) is 5.82 Å². The number of thiazole rings is 1. The highest BCUT2D eigenvalue weighted by Crippen LogP contribution is 2.36. The van der Waals surface area contributed by atoms with Crippen molar-refractivity contribution in [3.05, 3.63) is 86.1 Å². The minimum Gasteiger partial charge on any atom is -0.477 e. The van der Waals surface area contributed by atoms with Crippen LogP contribution in [0.5, 0.6) is 0 Å². The van der Waals surface area contributed by atoms with Crippen LogP contribution < -0.4 is 0 Å². The van der Waals surface area contributed by atoms with Crippen LogP contribution in [0.25, 0.3) is 0 Å². The van der Waals surface area contributed by atoms with Gasteiger partial charge in [0.2, 0.25) is 5.91 Å². The number of amides is 1. The standard InChI is InChI=1S/C24H22ClFN2O3S/c25-17-8-3-16(4-9-17)14-21(29)28-13-1-2-20(28)23-27-19(22(32-23)24(30)31)12-7-15-5-10-18(26)11-6-15/h3-6,8-11,20H,1-2,7,12-14H2,(H,30,31)/t20-/m1/s1. The fourth-order valence-corrected chi connectivity index (χ4v) is 5.19. The molecular weight excluding hydrogens is 451 g/mol. The van der Waals surface area contributed by atoms with E-state index in [4.69, 9.17) is 11.6 Å². The van der Waals surface area contributed by atoms with Crippen molar-refractivity contribution < 1.29 is 19.1 Å². The molecule has 0 unspecified atom stereocenters. The Hall–Kier alpha value is -2.77. The summed E-state index contributed by atoms with van der Waals surface area (Å²) in [5.41, 5.74) is 2.31. The van der Waals surface area contributed by atoms with Gasteiger partial charge in [-0.05, 0) is 61.1 Å². The zero-order valence-electron chi connectivity index (χ0n) is 17.3. The summed E-state index contributed by atoms with van der Waals surface area (Å²) in [5.74, 6) is -1.32. The minimum absolute atomic E-state index is 0.00485. The van der Waals surface area contributed by atoms with Crippen molar-refractivity contribution in [2.75, 3.05) is 6.54 Å². The van der Waals surface area contributed by atoms with E-state index < -0.39 is 5.97 Å². The van der Waals surface area contributed by atoms with Crippen LogP contribution >= 0.6 is 22.9 Å². The molecule has 1 aliphatic heterocycles. The van der Waals surface area contributed by atoms with Crippen LogP contribution in [-0.2, 0) is 24.1 Å². The Kier molecular flexibility index (Phi) is 6.86. The molecule has 0 radical (unpaired) electrons. The molecule has 4 rings (SSSR count). The monoisotopic (exact) mass is 472 g/mol. The number of aromatic carboxylic acids is 1. The lowest BCUT2D eigenvalue weighted by atomic mass is 10.1. The van der Waals surface area contributed by atoms with Crippen LogP contribution in [0.1, 0.15) is 50.4 Å². The van der Waals surface area contributed by atoms with Crippen molar-refractivity contribution >= 4 is 34.8 Å². The summed E-state index contributed by atoms with van der Waals surface area (Å²) < 4.78 is 13.1. The molecule has 1 fully saturated rings. The largest absolute Gasteiger partial charge is 0.477 e. The van der Waals surface area contributed by atoms with E-state index in [-0.39, 0.29) is 29.1 Å². The van der Waals surface area contributed by atoms with Gasteiger partial charge in [0.15, 0.2) is 0 Å². The maximum atomic E-state index is 13.1. The van der Waals surface area contributed by atoms with Gasteiger partial charge in [-0.1, -0.05) is 35.9 Å². The Morgan fingerprint density at radius 1 is 1.09 bits per heavy atom. The van der Waals surface area contributed by atoms with Gasteiger partial charge in [-0.2, -0.15) is 0 Å². The normalized spacial score (nSPS) is 15.8. The highest BCUT2D eigenvalue weighted by Gasteiger charge is 2.33. The number of benzene rings is 2. The van der Waals surface area contributed by atoms with Crippen molar-refractivity contribution in [1.29, 1.82) is 0 Å². The van der Waals surface area contributed by atoms with Gasteiger partial charge in [0.25, 0.3) is 0 Å². The van der Waals surface area contributed by atoms with Gasteiger partial charge in [0, 0.05) is 11.6 Å². The molecule has 0 spiro atoms. The topological polar surface area (TPSA) is 70.5 Å². The van der Waals surface area contributed by atoms with Gasteiger partial charge in [-0.25, -0.2) is 14.2 Å². The number of hydrogen-bond donors (Lipinski definition) is 1. The number of nitrogens with zero attached hydrogens (tertiary/aromatic N) is 2. The predicted octanol–water partition coefficient (Wildman–Crippen LogP) is 5.33. The molecule has 32 heavy (non-hydrogen) atoms. The average molecular weight is 473 g/mol. The number of halogens is 2. The molecule has 166 valence electrons. The van der Waals surface area contributed by atoms with E-state index >= 15 is 0 Å². The fourth-order valence-electron chi connectivity index (χ4n) is 3.96. The minimum atomic E-state index is -1.01. The third-order valence-corrected chi connectivity index (χ3v) is 7.04. The second-order valence-electron chi connectivity index (χ2n) is 7.81. The zero-order valence-corrected chi connectivity index (χ0v) is 18.8. The molecule has 2 heterocycles. The van der Waals surface area contributed by atoms with Crippen LogP contribution in [0.2, 0.25) is 5.02 Å². The number of hydrogen-bond acceptors (Lipinski definition) is 4. The number of rotatable bonds is 7. The van der Waals surface area contributed by atoms with E-state index in [0.29, 0.717) is 35.1 Å². The maximum Gasteiger partial charge on any atom is 0.347 e. The molecule has 3 aromatic rings. The van der Waals surface area contributed by atoms with E-state index in [2.05, 4.69) is 4.98 Å². The molecule has 0 saturated carbocycles. The van der Waals surface area contributed by atoms with E-state index in [0.717, 1.165) is 35.3 Å². The van der Waals surface area contributed by atoms with Crippen molar-refractivity contribution in [1.82, 2.24) is 9.88 Å². The number of aromatic nitrogens is 1. The van der Waals surface area contributed by atoms with Crippen LogP contribution in [0.15, 0.2) is 48.5 Å². The smallest absolute Gasteiger partial charge is 0.347 e. The quantitative estimate of drug-likeness (QED) is 0.505. The summed E-state index contributed by atoms with van der Waals surface area (Å²) in [6.07, 6.45) is 2.88. The summed E-state index contributed by atoms with van der Waals surface area (Å²) in [6, 6.07) is 13.2. The molecule has 0 aliphatic carbocycles. The third kappa shape index (κ3) is 5.16. The van der Waals surface area contributed by atoms with Crippen molar-refractivity contribution in [3.63, 3.8) is 0 Å². The second-order valence-corrected chi connectivity index (χ2v) is 9.28. The van der Waals surface area contributed by atoms with E-state index in [9.17, 15) is 19.1 Å². The number of carboxylic acid groups (broad SMARTS) is 1. The second kappa shape index (κ2) is 9.79. The average Bonchev–Trinajstić information content (AvgIpc) is 3.42. The van der Waals surface area contributed by atoms with Gasteiger partial charge in [-0.15, -0.1) is 11.3 Å². The first-order chi connectivity index (χ1) is 15.4. The van der Waals surface area contributed by atoms with E-state index in [1.165, 1.54) is 12.1 Å². The SMILES string of the molecule is O=C(O)c1sc([C@H]2CCCN2C(=O)Cc2ccc(Cl)cc2)nc1CCc1ccc(F)cc1. The molecule has 2 aromatic carbocycles. The molecule has 8 heteroatoms. The lowest BCUT2D eigenvalue weighted by molar-refractivity contribution is -0.131. The Labute approximate surface area is 194 Å².